The second kappa shape index (κ2) is 26.6. The number of hydrogen-bond acceptors (Lipinski definition) is 4. The molecule has 0 aromatic heterocycles. The molecule has 2 atom stereocenters. The second-order valence-corrected chi connectivity index (χ2v) is 11.1. The molecule has 0 amide bonds. The SMILES string of the molecule is CCC(Cl)CC(=O)OCCCCCCCCCCCCCCCCCCCOC(=O)CC(Cl)CC. The Bertz CT molecular complexity index is 445. The summed E-state index contributed by atoms with van der Waals surface area (Å²) in [6.45, 7) is 5.04. The van der Waals surface area contributed by atoms with Gasteiger partial charge in [-0.2, -0.15) is 0 Å². The summed E-state index contributed by atoms with van der Waals surface area (Å²) in [6.07, 6.45) is 23.8. The van der Waals surface area contributed by atoms with Crippen LogP contribution in [0, 0.1) is 0 Å². The summed E-state index contributed by atoms with van der Waals surface area (Å²) < 4.78 is 10.5. The zero-order valence-electron chi connectivity index (χ0n) is 22.8. The van der Waals surface area contributed by atoms with Crippen molar-refractivity contribution >= 4 is 35.1 Å². The summed E-state index contributed by atoms with van der Waals surface area (Å²) in [5.74, 6) is -0.320. The third kappa shape index (κ3) is 26.4. The number of alkyl halides is 2. The van der Waals surface area contributed by atoms with Crippen LogP contribution in [0.3, 0.4) is 0 Å². The van der Waals surface area contributed by atoms with E-state index in [1.54, 1.807) is 0 Å². The van der Waals surface area contributed by atoms with Gasteiger partial charge >= 0.3 is 11.9 Å². The number of halogens is 2. The number of unbranched alkanes of at least 4 members (excludes halogenated alkanes) is 16. The molecule has 35 heavy (non-hydrogen) atoms. The molecule has 4 nitrogen and oxygen atoms in total. The molecule has 0 N–H and O–H groups in total. The molecule has 0 aromatic rings. The summed E-state index contributed by atoms with van der Waals surface area (Å²) in [7, 11) is 0. The van der Waals surface area contributed by atoms with Crippen molar-refractivity contribution in [2.75, 3.05) is 13.2 Å². The zero-order chi connectivity index (χ0) is 26.0. The van der Waals surface area contributed by atoms with Crippen LogP contribution in [0.25, 0.3) is 0 Å². The summed E-state index contributed by atoms with van der Waals surface area (Å²) in [6, 6.07) is 0. The molecule has 0 aliphatic heterocycles. The van der Waals surface area contributed by atoms with Gasteiger partial charge < -0.3 is 9.47 Å². The van der Waals surface area contributed by atoms with Crippen molar-refractivity contribution < 1.29 is 19.1 Å². The van der Waals surface area contributed by atoms with Crippen LogP contribution < -0.4 is 0 Å². The van der Waals surface area contributed by atoms with E-state index in [0.29, 0.717) is 26.1 Å². The predicted octanol–water partition coefficient (Wildman–Crippen LogP) is 9.52. The van der Waals surface area contributed by atoms with Gasteiger partial charge in [-0.3, -0.25) is 9.59 Å². The molecule has 0 radical (unpaired) electrons. The molecule has 208 valence electrons. The van der Waals surface area contributed by atoms with Gasteiger partial charge in [0, 0.05) is 10.8 Å². The van der Waals surface area contributed by atoms with Crippen LogP contribution in [-0.4, -0.2) is 35.9 Å². The lowest BCUT2D eigenvalue weighted by molar-refractivity contribution is -0.144. The molecule has 0 bridgehead atoms. The standard InChI is InChI=1S/C29H54Cl2O4/c1-3-26(30)24-28(32)34-22-20-18-16-14-12-10-8-6-5-7-9-11-13-15-17-19-21-23-35-29(33)25-27(31)4-2/h26-27H,3-25H2,1-2H3. The van der Waals surface area contributed by atoms with E-state index in [4.69, 9.17) is 32.7 Å². The first kappa shape index (κ1) is 34.5. The third-order valence-electron chi connectivity index (χ3n) is 6.48. The predicted molar refractivity (Wildman–Crippen MR) is 150 cm³/mol. The summed E-state index contributed by atoms with van der Waals surface area (Å²) in [4.78, 5) is 23.1. The van der Waals surface area contributed by atoms with Crippen molar-refractivity contribution in [3.8, 4) is 0 Å². The molecular formula is C29H54Cl2O4. The maximum Gasteiger partial charge on any atom is 0.307 e. The van der Waals surface area contributed by atoms with Crippen molar-refractivity contribution in [3.05, 3.63) is 0 Å². The van der Waals surface area contributed by atoms with Crippen molar-refractivity contribution in [2.24, 2.45) is 0 Å². The van der Waals surface area contributed by atoms with Crippen LogP contribution in [0.1, 0.15) is 149 Å². The van der Waals surface area contributed by atoms with Crippen LogP contribution in [0.2, 0.25) is 0 Å². The molecule has 0 aliphatic rings. The van der Waals surface area contributed by atoms with E-state index in [2.05, 4.69) is 0 Å². The van der Waals surface area contributed by atoms with Crippen LogP contribution in [-0.2, 0) is 19.1 Å². The van der Waals surface area contributed by atoms with Crippen molar-refractivity contribution in [1.29, 1.82) is 0 Å². The van der Waals surface area contributed by atoms with Gasteiger partial charge in [0.2, 0.25) is 0 Å². The number of rotatable bonds is 26. The Balaban J connectivity index is 3.17. The van der Waals surface area contributed by atoms with Crippen LogP contribution in [0.5, 0.6) is 0 Å². The Labute approximate surface area is 226 Å². The third-order valence-corrected chi connectivity index (χ3v) is 7.40. The van der Waals surface area contributed by atoms with Crippen molar-refractivity contribution in [1.82, 2.24) is 0 Å². The lowest BCUT2D eigenvalue weighted by Crippen LogP contribution is -2.11. The molecule has 0 fully saturated rings. The Kier molecular flexibility index (Phi) is 26.2. The topological polar surface area (TPSA) is 52.6 Å². The lowest BCUT2D eigenvalue weighted by atomic mass is 10.0. The number of esters is 2. The van der Waals surface area contributed by atoms with E-state index in [-0.39, 0.29) is 22.7 Å². The van der Waals surface area contributed by atoms with Crippen molar-refractivity contribution in [2.45, 2.75) is 159 Å². The molecule has 0 rings (SSSR count). The number of hydrogen-bond donors (Lipinski definition) is 0. The average molecular weight is 538 g/mol. The van der Waals surface area contributed by atoms with Crippen molar-refractivity contribution in [3.63, 3.8) is 0 Å². The summed E-state index contributed by atoms with van der Waals surface area (Å²) >= 11 is 11.9. The fraction of sp³-hybridized carbons (Fsp3) is 0.931. The Morgan fingerprint density at radius 2 is 0.714 bits per heavy atom. The van der Waals surface area contributed by atoms with Crippen LogP contribution >= 0.6 is 23.2 Å². The highest BCUT2D eigenvalue weighted by molar-refractivity contribution is 6.21. The van der Waals surface area contributed by atoms with Gasteiger partial charge in [0.05, 0.1) is 26.1 Å². The molecule has 0 aliphatic carbocycles. The number of ether oxygens (including phenoxy) is 2. The van der Waals surface area contributed by atoms with E-state index in [9.17, 15) is 9.59 Å². The number of carbonyl (C=O) groups excluding carboxylic acids is 2. The molecule has 2 unspecified atom stereocenters. The fourth-order valence-electron chi connectivity index (χ4n) is 4.00. The van der Waals surface area contributed by atoms with Gasteiger partial charge in [0.1, 0.15) is 0 Å². The van der Waals surface area contributed by atoms with Gasteiger partial charge in [0.15, 0.2) is 0 Å². The monoisotopic (exact) mass is 536 g/mol. The van der Waals surface area contributed by atoms with Crippen LogP contribution in [0.4, 0.5) is 0 Å². The molecule has 0 saturated carbocycles. The van der Waals surface area contributed by atoms with Gasteiger partial charge in [0.25, 0.3) is 0 Å². The van der Waals surface area contributed by atoms with Gasteiger partial charge in [-0.15, -0.1) is 23.2 Å². The fourth-order valence-corrected chi connectivity index (χ4v) is 4.25. The maximum atomic E-state index is 11.5. The Hall–Kier alpha value is -0.480. The van der Waals surface area contributed by atoms with E-state index in [1.807, 2.05) is 13.8 Å². The van der Waals surface area contributed by atoms with E-state index in [0.717, 1.165) is 38.5 Å². The quantitative estimate of drug-likeness (QED) is 0.0626. The Morgan fingerprint density at radius 3 is 0.943 bits per heavy atom. The van der Waals surface area contributed by atoms with E-state index in [1.165, 1.54) is 83.5 Å². The van der Waals surface area contributed by atoms with Gasteiger partial charge in [-0.05, 0) is 25.7 Å². The minimum atomic E-state index is -0.160. The highest BCUT2D eigenvalue weighted by Gasteiger charge is 2.10. The first-order valence-corrected chi connectivity index (χ1v) is 15.5. The smallest absolute Gasteiger partial charge is 0.307 e. The molecule has 6 heteroatoms. The van der Waals surface area contributed by atoms with E-state index < -0.39 is 0 Å². The Morgan fingerprint density at radius 1 is 0.486 bits per heavy atom. The summed E-state index contributed by atoms with van der Waals surface area (Å²) in [5.41, 5.74) is 0. The molecule has 0 spiro atoms. The summed E-state index contributed by atoms with van der Waals surface area (Å²) in [5, 5.41) is -0.185. The highest BCUT2D eigenvalue weighted by atomic mass is 35.5. The normalized spacial score (nSPS) is 12.9. The molecule has 0 saturated heterocycles. The highest BCUT2D eigenvalue weighted by Crippen LogP contribution is 2.15. The first-order valence-electron chi connectivity index (χ1n) is 14.6. The minimum absolute atomic E-state index is 0.0924. The minimum Gasteiger partial charge on any atom is -0.466 e. The number of carbonyl (C=O) groups is 2. The van der Waals surface area contributed by atoms with Crippen LogP contribution in [0.15, 0.2) is 0 Å². The molecule has 0 aromatic carbocycles. The maximum absolute atomic E-state index is 11.5. The van der Waals surface area contributed by atoms with Gasteiger partial charge in [-0.1, -0.05) is 110 Å². The molecular weight excluding hydrogens is 483 g/mol. The second-order valence-electron chi connectivity index (χ2n) is 9.87. The zero-order valence-corrected chi connectivity index (χ0v) is 24.3. The van der Waals surface area contributed by atoms with E-state index >= 15 is 0 Å². The van der Waals surface area contributed by atoms with Gasteiger partial charge in [-0.25, -0.2) is 0 Å². The average Bonchev–Trinajstić information content (AvgIpc) is 2.84. The molecule has 0 heterocycles. The lowest BCUT2D eigenvalue weighted by Gasteiger charge is -2.07. The largest absolute Gasteiger partial charge is 0.466 e. The first-order chi connectivity index (χ1) is 17.0.